The van der Waals surface area contributed by atoms with Crippen LogP contribution in [0.4, 0.5) is 23.2 Å². The number of amides is 1. The zero-order valence-corrected chi connectivity index (χ0v) is 20.9. The van der Waals surface area contributed by atoms with Crippen LogP contribution < -0.4 is 10.2 Å². The quantitative estimate of drug-likeness (QED) is 0.466. The Labute approximate surface area is 219 Å². The summed E-state index contributed by atoms with van der Waals surface area (Å²) in [6, 6.07) is 16.9. The first-order valence-corrected chi connectivity index (χ1v) is 12.8. The van der Waals surface area contributed by atoms with E-state index in [1.54, 1.807) is 6.07 Å². The van der Waals surface area contributed by atoms with Crippen LogP contribution in [0.2, 0.25) is 0 Å². The van der Waals surface area contributed by atoms with Crippen LogP contribution in [0, 0.1) is 23.3 Å². The minimum atomic E-state index is -0.887. The smallest absolute Gasteiger partial charge is 0.240 e. The molecule has 38 heavy (non-hydrogen) atoms. The first-order chi connectivity index (χ1) is 18.4. The predicted molar refractivity (Wildman–Crippen MR) is 137 cm³/mol. The van der Waals surface area contributed by atoms with E-state index in [0.29, 0.717) is 56.9 Å². The van der Waals surface area contributed by atoms with Gasteiger partial charge in [0, 0.05) is 75.2 Å². The molecule has 0 spiro atoms. The first-order valence-electron chi connectivity index (χ1n) is 12.8. The molecule has 0 saturated carbocycles. The van der Waals surface area contributed by atoms with E-state index in [4.69, 9.17) is 0 Å². The normalized spacial score (nSPS) is 20.2. The van der Waals surface area contributed by atoms with Crippen LogP contribution >= 0.6 is 0 Å². The molecule has 0 aromatic heterocycles. The van der Waals surface area contributed by atoms with E-state index >= 15 is 0 Å². The zero-order chi connectivity index (χ0) is 26.6. The van der Waals surface area contributed by atoms with Gasteiger partial charge in [-0.25, -0.2) is 17.6 Å². The van der Waals surface area contributed by atoms with Crippen LogP contribution in [-0.4, -0.2) is 60.5 Å². The molecule has 200 valence electrons. The molecule has 1 amide bonds. The molecule has 2 saturated heterocycles. The third kappa shape index (κ3) is 6.00. The second-order valence-electron chi connectivity index (χ2n) is 9.89. The van der Waals surface area contributed by atoms with Crippen LogP contribution in [0.5, 0.6) is 0 Å². The summed E-state index contributed by atoms with van der Waals surface area (Å²) in [4.78, 5) is 19.6. The van der Waals surface area contributed by atoms with Gasteiger partial charge >= 0.3 is 0 Å². The lowest BCUT2D eigenvalue weighted by Crippen LogP contribution is -2.53. The second kappa shape index (κ2) is 11.5. The summed E-state index contributed by atoms with van der Waals surface area (Å²) in [6.07, 6.45) is 0.567. The lowest BCUT2D eigenvalue weighted by molar-refractivity contribution is -0.136. The minimum Gasteiger partial charge on any atom is -0.368 e. The Morgan fingerprint density at radius 2 is 1.61 bits per heavy atom. The number of rotatable bonds is 7. The van der Waals surface area contributed by atoms with Crippen molar-refractivity contribution in [2.75, 3.05) is 37.6 Å². The molecule has 3 aromatic carbocycles. The number of nitrogens with zero attached hydrogens (tertiary/aromatic N) is 3. The number of nitrogens with one attached hydrogen (secondary N) is 1. The average molecular weight is 527 g/mol. The Balaban J connectivity index is 1.24. The van der Waals surface area contributed by atoms with Crippen molar-refractivity contribution in [1.29, 1.82) is 0 Å². The SMILES string of the molecule is O=C([C@@H]1C[C@H](NCc2ccc(F)cc2F)CN1Cc1ccccc1)N1CCN(c2ccc(F)c(F)c2)CC1. The molecule has 0 aliphatic carbocycles. The monoisotopic (exact) mass is 526 g/mol. The van der Waals surface area contributed by atoms with Gasteiger partial charge in [0.15, 0.2) is 11.6 Å². The number of likely N-dealkylation sites (tertiary alicyclic amines) is 1. The van der Waals surface area contributed by atoms with E-state index in [1.165, 1.54) is 18.2 Å². The van der Waals surface area contributed by atoms with Gasteiger partial charge in [0.1, 0.15) is 11.6 Å². The van der Waals surface area contributed by atoms with Crippen molar-refractivity contribution in [3.63, 3.8) is 0 Å². The summed E-state index contributed by atoms with van der Waals surface area (Å²) in [5.41, 5.74) is 2.07. The van der Waals surface area contributed by atoms with Gasteiger partial charge < -0.3 is 15.1 Å². The molecule has 2 aliphatic heterocycles. The number of hydrogen-bond donors (Lipinski definition) is 1. The summed E-state index contributed by atoms with van der Waals surface area (Å²) in [5.74, 6) is -2.95. The molecular formula is C29H30F4N4O. The van der Waals surface area contributed by atoms with Crippen molar-refractivity contribution in [3.8, 4) is 0 Å². The Kier molecular flexibility index (Phi) is 7.95. The minimum absolute atomic E-state index is 0.0307. The van der Waals surface area contributed by atoms with E-state index in [9.17, 15) is 22.4 Å². The summed E-state index contributed by atoms with van der Waals surface area (Å²) in [6.45, 7) is 3.46. The molecule has 0 bridgehead atoms. The van der Waals surface area contributed by atoms with E-state index in [0.717, 1.165) is 17.7 Å². The molecule has 2 heterocycles. The molecule has 3 aromatic rings. The lowest BCUT2D eigenvalue weighted by atomic mass is 10.1. The number of carbonyl (C=O) groups excluding carboxylic acids is 1. The molecule has 1 N–H and O–H groups in total. The highest BCUT2D eigenvalue weighted by Gasteiger charge is 2.39. The maximum atomic E-state index is 14.1. The van der Waals surface area contributed by atoms with Gasteiger partial charge in [-0.3, -0.25) is 9.69 Å². The van der Waals surface area contributed by atoms with Crippen LogP contribution in [0.1, 0.15) is 17.5 Å². The fraction of sp³-hybridized carbons (Fsp3) is 0.345. The molecular weight excluding hydrogens is 496 g/mol. The van der Waals surface area contributed by atoms with Gasteiger partial charge in [-0.1, -0.05) is 36.4 Å². The maximum Gasteiger partial charge on any atom is 0.240 e. The highest BCUT2D eigenvalue weighted by atomic mass is 19.2. The topological polar surface area (TPSA) is 38.8 Å². The lowest BCUT2D eigenvalue weighted by Gasteiger charge is -2.38. The van der Waals surface area contributed by atoms with E-state index in [-0.39, 0.29) is 24.5 Å². The highest BCUT2D eigenvalue weighted by molar-refractivity contribution is 5.82. The molecule has 5 nitrogen and oxygen atoms in total. The highest BCUT2D eigenvalue weighted by Crippen LogP contribution is 2.25. The predicted octanol–water partition coefficient (Wildman–Crippen LogP) is 4.32. The van der Waals surface area contributed by atoms with Crippen molar-refractivity contribution >= 4 is 11.6 Å². The Morgan fingerprint density at radius 3 is 2.32 bits per heavy atom. The number of hydrogen-bond acceptors (Lipinski definition) is 4. The molecule has 2 fully saturated rings. The fourth-order valence-electron chi connectivity index (χ4n) is 5.30. The van der Waals surface area contributed by atoms with Gasteiger partial charge in [0.05, 0.1) is 6.04 Å². The van der Waals surface area contributed by atoms with Crippen LogP contribution in [0.3, 0.4) is 0 Å². The van der Waals surface area contributed by atoms with Gasteiger partial charge in [-0.05, 0) is 30.2 Å². The van der Waals surface area contributed by atoms with Crippen molar-refractivity contribution in [2.24, 2.45) is 0 Å². The van der Waals surface area contributed by atoms with E-state index < -0.39 is 23.3 Å². The van der Waals surface area contributed by atoms with Gasteiger partial charge in [0.2, 0.25) is 5.91 Å². The summed E-state index contributed by atoms with van der Waals surface area (Å²) in [7, 11) is 0. The Hall–Kier alpha value is -3.43. The maximum absolute atomic E-state index is 14.1. The van der Waals surface area contributed by atoms with Gasteiger partial charge in [0.25, 0.3) is 0 Å². The molecule has 0 radical (unpaired) electrons. The molecule has 9 heteroatoms. The van der Waals surface area contributed by atoms with Gasteiger partial charge in [-0.2, -0.15) is 0 Å². The van der Waals surface area contributed by atoms with Crippen LogP contribution in [0.25, 0.3) is 0 Å². The Morgan fingerprint density at radius 1 is 0.842 bits per heavy atom. The van der Waals surface area contributed by atoms with Crippen LogP contribution in [-0.2, 0) is 17.9 Å². The number of halogens is 4. The molecule has 5 rings (SSSR count). The Bertz CT molecular complexity index is 1270. The van der Waals surface area contributed by atoms with Crippen molar-refractivity contribution in [1.82, 2.24) is 15.1 Å². The zero-order valence-electron chi connectivity index (χ0n) is 20.9. The van der Waals surface area contributed by atoms with Crippen molar-refractivity contribution < 1.29 is 22.4 Å². The van der Waals surface area contributed by atoms with Gasteiger partial charge in [-0.15, -0.1) is 0 Å². The largest absolute Gasteiger partial charge is 0.368 e. The van der Waals surface area contributed by atoms with Crippen molar-refractivity contribution in [3.05, 3.63) is 101 Å². The molecule has 2 aliphatic rings. The summed E-state index contributed by atoms with van der Waals surface area (Å²) < 4.78 is 54.4. The fourth-order valence-corrected chi connectivity index (χ4v) is 5.30. The average Bonchev–Trinajstić information content (AvgIpc) is 3.32. The summed E-state index contributed by atoms with van der Waals surface area (Å²) in [5, 5.41) is 3.35. The van der Waals surface area contributed by atoms with Crippen molar-refractivity contribution in [2.45, 2.75) is 31.6 Å². The number of anilines is 1. The van der Waals surface area contributed by atoms with E-state index in [2.05, 4.69) is 10.2 Å². The van der Waals surface area contributed by atoms with Crippen LogP contribution in [0.15, 0.2) is 66.7 Å². The number of benzene rings is 3. The third-order valence-electron chi connectivity index (χ3n) is 7.37. The first kappa shape index (κ1) is 26.2. The molecule has 0 unspecified atom stereocenters. The third-order valence-corrected chi connectivity index (χ3v) is 7.37. The standard InChI is InChI=1S/C29H30F4N4O/c30-22-7-6-21(26(32)14-22)17-34-23-15-28(37(19-23)18-20-4-2-1-3-5-20)29(38)36-12-10-35(11-13-36)24-8-9-25(31)27(33)16-24/h1-9,14,16,23,28,34H,10-13,15,17-19H2/t23-,28-/m0/s1. The number of carbonyl (C=O) groups is 1. The summed E-state index contributed by atoms with van der Waals surface area (Å²) >= 11 is 0. The second-order valence-corrected chi connectivity index (χ2v) is 9.89. The molecule has 2 atom stereocenters. The van der Waals surface area contributed by atoms with E-state index in [1.807, 2.05) is 40.1 Å². The number of piperazine rings is 1.